The number of aliphatic hydroxyl groups excluding tert-OH is 1. The number of nitro benzene ring substituents is 2. The van der Waals surface area contributed by atoms with Crippen LogP contribution in [0.5, 0.6) is 0 Å². The minimum Gasteiger partial charge on any atom is -0.442 e. The van der Waals surface area contributed by atoms with Gasteiger partial charge >= 0.3 is 5.97 Å². The van der Waals surface area contributed by atoms with E-state index in [0.717, 1.165) is 16.4 Å². The SMILES string of the molecule is C.CC(=O)OC(C)n1cc(C2=C(c3cn(C)c4cc([N+](=O)[O-])ccc34)C(=O)NC2=O)c2ccccc21.CC(O)n1cc(C2=C(c3cn(C)c4cc([N+](=O)[O-])ccc34)C(=O)NC2=O)c2ccccc21. The van der Waals surface area contributed by atoms with Crippen molar-refractivity contribution in [2.24, 2.45) is 14.1 Å². The number of para-hydroxylation sites is 2. The van der Waals surface area contributed by atoms with Crippen molar-refractivity contribution in [2.45, 2.75) is 40.7 Å². The number of aromatic nitrogens is 4. The molecule has 0 radical (unpaired) electrons. The molecule has 344 valence electrons. The summed E-state index contributed by atoms with van der Waals surface area (Å²) in [6.45, 7) is 4.64. The number of benzene rings is 4. The Morgan fingerprint density at radius 3 is 1.31 bits per heavy atom. The zero-order valence-corrected chi connectivity index (χ0v) is 36.3. The van der Waals surface area contributed by atoms with E-state index >= 15 is 0 Å². The van der Waals surface area contributed by atoms with E-state index in [-0.39, 0.29) is 41.1 Å². The molecule has 10 rings (SSSR count). The summed E-state index contributed by atoms with van der Waals surface area (Å²) in [5.41, 5.74) is 5.23. The first-order chi connectivity index (χ1) is 31.9. The number of nitrogens with zero attached hydrogens (tertiary/aromatic N) is 6. The maximum absolute atomic E-state index is 13.1. The van der Waals surface area contributed by atoms with Crippen LogP contribution in [0.2, 0.25) is 0 Å². The normalized spacial score (nSPS) is 14.6. The van der Waals surface area contributed by atoms with Crippen molar-refractivity contribution in [3.8, 4) is 0 Å². The number of aliphatic hydroxyl groups is 1. The van der Waals surface area contributed by atoms with Gasteiger partial charge in [-0.15, -0.1) is 0 Å². The molecule has 4 amide bonds. The Morgan fingerprint density at radius 2 is 0.926 bits per heavy atom. The van der Waals surface area contributed by atoms with Crippen molar-refractivity contribution in [2.75, 3.05) is 0 Å². The van der Waals surface area contributed by atoms with Gasteiger partial charge in [0.2, 0.25) is 0 Å². The van der Waals surface area contributed by atoms with E-state index in [4.69, 9.17) is 4.74 Å². The van der Waals surface area contributed by atoms with Crippen LogP contribution in [0.1, 0.15) is 62.9 Å². The van der Waals surface area contributed by atoms with Gasteiger partial charge in [-0.2, -0.15) is 0 Å². The number of carbonyl (C=O) groups is 5. The van der Waals surface area contributed by atoms with Crippen molar-refractivity contribution in [3.05, 3.63) is 152 Å². The molecule has 2 aliphatic rings. The van der Waals surface area contributed by atoms with Crippen LogP contribution >= 0.6 is 0 Å². The van der Waals surface area contributed by atoms with Gasteiger partial charge in [0.15, 0.2) is 6.23 Å². The van der Waals surface area contributed by atoms with Gasteiger partial charge < -0.3 is 28.1 Å². The number of non-ortho nitro benzene ring substituents is 2. The number of hydrogen-bond donors (Lipinski definition) is 3. The van der Waals surface area contributed by atoms with E-state index in [1.54, 1.807) is 83.1 Å². The molecule has 4 aromatic carbocycles. The monoisotopic (exact) mass is 918 g/mol. The Morgan fingerprint density at radius 1 is 0.574 bits per heavy atom. The van der Waals surface area contributed by atoms with E-state index in [0.29, 0.717) is 49.4 Å². The molecule has 68 heavy (non-hydrogen) atoms. The first kappa shape index (κ1) is 45.6. The fourth-order valence-corrected chi connectivity index (χ4v) is 9.02. The van der Waals surface area contributed by atoms with Crippen molar-refractivity contribution >= 4 is 107 Å². The lowest BCUT2D eigenvalue weighted by Crippen LogP contribution is -2.22. The van der Waals surface area contributed by atoms with Crippen LogP contribution < -0.4 is 10.6 Å². The number of carbonyl (C=O) groups excluding carboxylic acids is 5. The standard InChI is InChI=1S/C25H20N4O6.C23H18N4O5.CH4/c1-13(35-14(2)30)28-12-19(16-6-4-5-7-20(16)28)23-22(24(31)26-25(23)32)18-11-27(3)21-10-15(29(33)34)8-9-17(18)21;1-12(28)26-11-17(14-5-3-4-6-18(14)26)21-20(22(29)24-23(21)30)16-10-25(2)19-9-13(27(31)32)7-8-15(16)19;/h4-13H,1-3H3,(H,26,31,32);3-12,28H,1-2H3,(H,24,29,30);1H4. The molecule has 3 N–H and O–H groups in total. The molecule has 0 bridgehead atoms. The van der Waals surface area contributed by atoms with Crippen molar-refractivity contribution in [3.63, 3.8) is 0 Å². The average Bonchev–Trinajstić information content (AvgIpc) is 4.12. The maximum Gasteiger partial charge on any atom is 0.304 e. The van der Waals surface area contributed by atoms with Crippen LogP contribution in [0.3, 0.4) is 0 Å². The first-order valence-electron chi connectivity index (χ1n) is 20.7. The number of ether oxygens (including phenoxy) is 1. The van der Waals surface area contributed by atoms with E-state index in [1.165, 1.54) is 31.2 Å². The molecule has 0 saturated heterocycles. The second kappa shape index (κ2) is 17.1. The highest BCUT2D eigenvalue weighted by Crippen LogP contribution is 2.42. The van der Waals surface area contributed by atoms with Crippen LogP contribution in [0.25, 0.3) is 65.9 Å². The number of nitro groups is 2. The zero-order chi connectivity index (χ0) is 47.7. The second-order valence-electron chi connectivity index (χ2n) is 16.1. The largest absolute Gasteiger partial charge is 0.442 e. The number of nitrogens with one attached hydrogen (secondary N) is 2. The van der Waals surface area contributed by atoms with Crippen LogP contribution in [-0.4, -0.2) is 62.8 Å². The third kappa shape index (κ3) is 7.45. The molecule has 0 spiro atoms. The smallest absolute Gasteiger partial charge is 0.304 e. The Labute approximate surface area is 385 Å². The molecule has 8 aromatic rings. The van der Waals surface area contributed by atoms with Gasteiger partial charge in [-0.1, -0.05) is 43.8 Å². The molecule has 2 unspecified atom stereocenters. The highest BCUT2D eigenvalue weighted by Gasteiger charge is 2.37. The highest BCUT2D eigenvalue weighted by atomic mass is 16.6. The molecule has 2 atom stereocenters. The summed E-state index contributed by atoms with van der Waals surface area (Å²) in [5, 5.41) is 40.1. The van der Waals surface area contributed by atoms with Crippen molar-refractivity contribution < 1.29 is 43.7 Å². The fraction of sp³-hybridized carbons (Fsp3) is 0.163. The predicted molar refractivity (Wildman–Crippen MR) is 253 cm³/mol. The lowest BCUT2D eigenvalue weighted by molar-refractivity contribution is -0.384. The fourth-order valence-electron chi connectivity index (χ4n) is 9.02. The number of aryl methyl sites for hydroxylation is 2. The summed E-state index contributed by atoms with van der Waals surface area (Å²) in [6.07, 6.45) is 5.25. The van der Waals surface area contributed by atoms with Crippen LogP contribution in [0, 0.1) is 20.2 Å². The lowest BCUT2D eigenvalue weighted by atomic mass is 9.95. The maximum atomic E-state index is 13.1. The summed E-state index contributed by atoms with van der Waals surface area (Å²) < 4.78 is 12.1. The van der Waals surface area contributed by atoms with Crippen LogP contribution in [-0.2, 0) is 42.8 Å². The number of rotatable bonds is 9. The summed E-state index contributed by atoms with van der Waals surface area (Å²) in [6, 6.07) is 23.4. The molecule has 0 fully saturated rings. The minimum atomic E-state index is -0.837. The van der Waals surface area contributed by atoms with Crippen molar-refractivity contribution in [1.82, 2.24) is 28.9 Å². The van der Waals surface area contributed by atoms with Gasteiger partial charge in [-0.3, -0.25) is 54.8 Å². The molecule has 0 saturated carbocycles. The third-order valence-corrected chi connectivity index (χ3v) is 11.9. The number of hydrogen-bond acceptors (Lipinski definition) is 11. The van der Waals surface area contributed by atoms with E-state index in [9.17, 15) is 49.3 Å². The molecule has 2 aliphatic heterocycles. The van der Waals surface area contributed by atoms with E-state index in [2.05, 4.69) is 10.6 Å². The Kier molecular flexibility index (Phi) is 11.5. The molecular formula is C49H42N8O11. The molecule has 4 aromatic heterocycles. The Balaban J connectivity index is 0.000000182. The number of fused-ring (bicyclic) bond motifs is 4. The summed E-state index contributed by atoms with van der Waals surface area (Å²) in [4.78, 5) is 85.0. The zero-order valence-electron chi connectivity index (χ0n) is 36.3. The number of amides is 4. The van der Waals surface area contributed by atoms with E-state index in [1.807, 2.05) is 48.5 Å². The third-order valence-electron chi connectivity index (χ3n) is 11.9. The predicted octanol–water partition coefficient (Wildman–Crippen LogP) is 7.45. The Hall–Kier alpha value is -8.97. The number of imide groups is 2. The summed E-state index contributed by atoms with van der Waals surface area (Å²) >= 11 is 0. The average molecular weight is 919 g/mol. The Bertz CT molecular complexity index is 3600. The summed E-state index contributed by atoms with van der Waals surface area (Å²) in [5.74, 6) is -2.62. The van der Waals surface area contributed by atoms with Gasteiger partial charge in [0.05, 0.1) is 54.2 Å². The van der Waals surface area contributed by atoms with Gasteiger partial charge in [0.1, 0.15) is 6.23 Å². The molecule has 19 heteroatoms. The minimum absolute atomic E-state index is 0. The summed E-state index contributed by atoms with van der Waals surface area (Å²) in [7, 11) is 3.45. The highest BCUT2D eigenvalue weighted by molar-refractivity contribution is 6.51. The van der Waals surface area contributed by atoms with Gasteiger partial charge in [0, 0.05) is 114 Å². The molecular weight excluding hydrogens is 877 g/mol. The van der Waals surface area contributed by atoms with Gasteiger partial charge in [-0.05, 0) is 38.1 Å². The van der Waals surface area contributed by atoms with Crippen molar-refractivity contribution in [1.29, 1.82) is 0 Å². The lowest BCUT2D eigenvalue weighted by Gasteiger charge is -2.14. The van der Waals surface area contributed by atoms with Crippen LogP contribution in [0.4, 0.5) is 11.4 Å². The topological polar surface area (TPSA) is 245 Å². The quantitative estimate of drug-likeness (QED) is 0.0556. The second-order valence-corrected chi connectivity index (χ2v) is 16.1. The van der Waals surface area contributed by atoms with E-state index < -0.39 is 51.9 Å². The molecule has 19 nitrogen and oxygen atoms in total. The van der Waals surface area contributed by atoms with Gasteiger partial charge in [-0.25, -0.2) is 0 Å². The first-order valence-corrected chi connectivity index (χ1v) is 20.7. The molecule has 6 heterocycles. The molecule has 0 aliphatic carbocycles. The van der Waals surface area contributed by atoms with Crippen LogP contribution in [0.15, 0.2) is 110 Å². The van der Waals surface area contributed by atoms with Gasteiger partial charge in [0.25, 0.3) is 35.0 Å². The number of esters is 1.